The Bertz CT molecular complexity index is 1290. The third-order valence-corrected chi connectivity index (χ3v) is 6.79. The Hall–Kier alpha value is -1.93. The van der Waals surface area contributed by atoms with Crippen LogP contribution < -0.4 is 16.4 Å². The number of nitrogens with two attached hydrogens (primary N) is 1. The van der Waals surface area contributed by atoms with Crippen LogP contribution in [-0.2, 0) is 4.79 Å². The molecule has 0 saturated heterocycles. The normalized spacial score (nSPS) is 12.2. The smallest absolute Gasteiger partial charge is 0.257 e. The predicted molar refractivity (Wildman–Crippen MR) is 143 cm³/mol. The van der Waals surface area contributed by atoms with Crippen molar-refractivity contribution in [2.45, 2.75) is 17.2 Å². The van der Waals surface area contributed by atoms with Crippen LogP contribution in [0.2, 0.25) is 20.1 Å². The molecular weight excluding hydrogens is 582 g/mol. The van der Waals surface area contributed by atoms with Gasteiger partial charge in [0.2, 0.25) is 5.91 Å². The predicted octanol–water partition coefficient (Wildman–Crippen LogP) is 8.19. The molecule has 0 fully saturated rings. The number of carbonyl (C=O) groups is 2. The van der Waals surface area contributed by atoms with E-state index in [-0.39, 0.29) is 42.7 Å². The summed E-state index contributed by atoms with van der Waals surface area (Å²) in [6, 6.07) is 10.8. The van der Waals surface area contributed by atoms with E-state index in [1.54, 1.807) is 0 Å². The number of halogens is 7. The summed E-state index contributed by atoms with van der Waals surface area (Å²) >= 11 is 37.0. The number of rotatable bonds is 6. The second kappa shape index (κ2) is 11.0. The van der Waals surface area contributed by atoms with Gasteiger partial charge in [0.05, 0.1) is 37.3 Å². The molecule has 2 amide bonds. The summed E-state index contributed by atoms with van der Waals surface area (Å²) < 4.78 is 12.4. The summed E-state index contributed by atoms with van der Waals surface area (Å²) in [5.74, 6) is -3.15. The number of alkyl halides is 2. The number of nitrogen functional groups attached to an aromatic ring is 1. The highest BCUT2D eigenvalue weighted by molar-refractivity contribution is 6.50. The lowest BCUT2D eigenvalue weighted by Crippen LogP contribution is -2.32. The standard InChI is InChI=1S/C23H16Cl6FN3O2/c1-23(28,29)19(10-6-15(25)20(27)16(26)7-10)22(35)32-12-3-4-14(24)13(9-12)21(34)33-18-8-11(31)2-5-17(18)30/h2-9,19H,31H2,1H3,(H,32,35)(H,33,34)/t19-/m0/s1. The van der Waals surface area contributed by atoms with Gasteiger partial charge in [-0.15, -0.1) is 23.2 Å². The molecule has 5 nitrogen and oxygen atoms in total. The molecule has 0 heterocycles. The van der Waals surface area contributed by atoms with Gasteiger partial charge in [0, 0.05) is 11.4 Å². The maximum absolute atomic E-state index is 14.0. The molecule has 0 aliphatic rings. The third kappa shape index (κ3) is 6.64. The van der Waals surface area contributed by atoms with Crippen molar-refractivity contribution in [2.24, 2.45) is 0 Å². The molecule has 12 heteroatoms. The minimum atomic E-state index is -1.58. The lowest BCUT2D eigenvalue weighted by molar-refractivity contribution is -0.117. The molecule has 35 heavy (non-hydrogen) atoms. The zero-order valence-corrected chi connectivity index (χ0v) is 22.3. The molecule has 4 N–H and O–H groups in total. The van der Waals surface area contributed by atoms with Crippen molar-refractivity contribution in [2.75, 3.05) is 16.4 Å². The van der Waals surface area contributed by atoms with E-state index in [1.165, 1.54) is 49.4 Å². The van der Waals surface area contributed by atoms with Gasteiger partial charge in [0.15, 0.2) is 0 Å². The van der Waals surface area contributed by atoms with E-state index in [4.69, 9.17) is 75.3 Å². The van der Waals surface area contributed by atoms with E-state index in [9.17, 15) is 14.0 Å². The van der Waals surface area contributed by atoms with E-state index < -0.39 is 27.9 Å². The monoisotopic (exact) mass is 595 g/mol. The van der Waals surface area contributed by atoms with E-state index >= 15 is 0 Å². The van der Waals surface area contributed by atoms with Gasteiger partial charge >= 0.3 is 0 Å². The molecule has 0 radical (unpaired) electrons. The minimum Gasteiger partial charge on any atom is -0.399 e. The Balaban J connectivity index is 1.90. The Morgan fingerprint density at radius 3 is 2.14 bits per heavy atom. The molecule has 0 unspecified atom stereocenters. The van der Waals surface area contributed by atoms with Crippen molar-refractivity contribution in [3.63, 3.8) is 0 Å². The highest BCUT2D eigenvalue weighted by Gasteiger charge is 2.38. The second-order valence-electron chi connectivity index (χ2n) is 7.57. The molecule has 0 aliphatic heterocycles. The number of amides is 2. The van der Waals surface area contributed by atoms with Gasteiger partial charge in [0.25, 0.3) is 5.91 Å². The first kappa shape index (κ1) is 27.7. The van der Waals surface area contributed by atoms with Crippen LogP contribution >= 0.6 is 69.6 Å². The summed E-state index contributed by atoms with van der Waals surface area (Å²) in [6.07, 6.45) is 0. The average molecular weight is 598 g/mol. The van der Waals surface area contributed by atoms with E-state index in [2.05, 4.69) is 10.6 Å². The van der Waals surface area contributed by atoms with Crippen LogP contribution in [0.5, 0.6) is 0 Å². The Labute approximate surface area is 230 Å². The molecule has 0 saturated carbocycles. The largest absolute Gasteiger partial charge is 0.399 e. The van der Waals surface area contributed by atoms with Crippen LogP contribution in [-0.4, -0.2) is 16.1 Å². The van der Waals surface area contributed by atoms with Gasteiger partial charge in [-0.05, 0) is 61.0 Å². The van der Waals surface area contributed by atoms with E-state index in [1.807, 2.05) is 0 Å². The van der Waals surface area contributed by atoms with Crippen molar-refractivity contribution in [3.8, 4) is 0 Å². The Kier molecular flexibility index (Phi) is 8.69. The molecule has 3 aromatic rings. The first-order valence-electron chi connectivity index (χ1n) is 9.77. The fourth-order valence-electron chi connectivity index (χ4n) is 3.24. The fourth-order valence-corrected chi connectivity index (χ4v) is 4.50. The number of hydrogen-bond donors (Lipinski definition) is 3. The van der Waals surface area contributed by atoms with Crippen molar-refractivity contribution in [1.82, 2.24) is 0 Å². The van der Waals surface area contributed by atoms with Crippen LogP contribution in [0.3, 0.4) is 0 Å². The quantitative estimate of drug-likeness (QED) is 0.152. The maximum atomic E-state index is 14.0. The maximum Gasteiger partial charge on any atom is 0.257 e. The van der Waals surface area contributed by atoms with Crippen LogP contribution in [0.25, 0.3) is 0 Å². The molecule has 3 aromatic carbocycles. The highest BCUT2D eigenvalue weighted by Crippen LogP contribution is 2.42. The van der Waals surface area contributed by atoms with Crippen LogP contribution in [0.15, 0.2) is 48.5 Å². The first-order chi connectivity index (χ1) is 16.3. The van der Waals surface area contributed by atoms with Gasteiger partial charge in [-0.25, -0.2) is 4.39 Å². The van der Waals surface area contributed by atoms with Crippen LogP contribution in [0.1, 0.15) is 28.8 Å². The van der Waals surface area contributed by atoms with Gasteiger partial charge in [-0.2, -0.15) is 0 Å². The molecule has 0 spiro atoms. The molecule has 0 bridgehead atoms. The lowest BCUT2D eigenvalue weighted by atomic mass is 9.94. The van der Waals surface area contributed by atoms with Crippen molar-refractivity contribution >= 4 is 98.5 Å². The number of carbonyl (C=O) groups excluding carboxylic acids is 2. The van der Waals surface area contributed by atoms with Gasteiger partial charge in [0.1, 0.15) is 10.2 Å². The SMILES string of the molecule is CC(Cl)(Cl)[C@H](C(=O)Nc1ccc(Cl)c(C(=O)Nc2cc(N)ccc2F)c1)c1cc(Cl)c(Cl)c(Cl)c1. The van der Waals surface area contributed by atoms with Gasteiger partial charge in [-0.3, -0.25) is 9.59 Å². The molecular formula is C23H16Cl6FN3O2. The highest BCUT2D eigenvalue weighted by atomic mass is 35.5. The van der Waals surface area contributed by atoms with Crippen molar-refractivity contribution < 1.29 is 14.0 Å². The molecule has 0 aromatic heterocycles. The zero-order valence-electron chi connectivity index (χ0n) is 17.7. The Morgan fingerprint density at radius 1 is 0.914 bits per heavy atom. The summed E-state index contributed by atoms with van der Waals surface area (Å²) in [4.78, 5) is 26.0. The molecule has 1 atom stereocenters. The number of benzene rings is 3. The zero-order chi connectivity index (χ0) is 26.1. The second-order valence-corrected chi connectivity index (χ2v) is 10.9. The summed E-state index contributed by atoms with van der Waals surface area (Å²) in [5, 5.41) is 5.47. The molecule has 0 aliphatic carbocycles. The number of anilines is 3. The summed E-state index contributed by atoms with van der Waals surface area (Å²) in [6.45, 7) is 1.43. The summed E-state index contributed by atoms with van der Waals surface area (Å²) in [5.41, 5.74) is 6.27. The molecule has 3 rings (SSSR count). The van der Waals surface area contributed by atoms with Crippen molar-refractivity contribution in [1.29, 1.82) is 0 Å². The van der Waals surface area contributed by atoms with E-state index in [0.717, 1.165) is 6.07 Å². The number of nitrogens with one attached hydrogen (secondary N) is 2. The average Bonchev–Trinajstić information content (AvgIpc) is 2.75. The topological polar surface area (TPSA) is 84.2 Å². The fraction of sp³-hybridized carbons (Fsp3) is 0.130. The first-order valence-corrected chi connectivity index (χ1v) is 12.0. The summed E-state index contributed by atoms with van der Waals surface area (Å²) in [7, 11) is 0. The third-order valence-electron chi connectivity index (χ3n) is 4.83. The number of hydrogen-bond acceptors (Lipinski definition) is 3. The van der Waals surface area contributed by atoms with Crippen molar-refractivity contribution in [3.05, 3.63) is 85.6 Å². The minimum absolute atomic E-state index is 0.0278. The van der Waals surface area contributed by atoms with Gasteiger partial charge in [-0.1, -0.05) is 46.4 Å². The van der Waals surface area contributed by atoms with E-state index in [0.29, 0.717) is 5.56 Å². The Morgan fingerprint density at radius 2 is 1.54 bits per heavy atom. The molecule has 184 valence electrons. The van der Waals surface area contributed by atoms with Gasteiger partial charge < -0.3 is 16.4 Å². The lowest BCUT2D eigenvalue weighted by Gasteiger charge is -2.26. The van der Waals surface area contributed by atoms with Crippen LogP contribution in [0, 0.1) is 5.82 Å². The van der Waals surface area contributed by atoms with Crippen LogP contribution in [0.4, 0.5) is 21.5 Å².